The highest BCUT2D eigenvalue weighted by Gasteiger charge is 2.32. The first-order chi connectivity index (χ1) is 9.89. The quantitative estimate of drug-likeness (QED) is 0.738. The number of carbonyl (C=O) groups is 1. The Morgan fingerprint density at radius 3 is 2.57 bits per heavy atom. The Kier molecular flexibility index (Phi) is 4.69. The first-order valence-electron chi connectivity index (χ1n) is 6.35. The number of ether oxygens (including phenoxy) is 2. The van der Waals surface area contributed by atoms with E-state index in [0.717, 1.165) is 6.26 Å². The molecule has 0 aromatic heterocycles. The number of methoxy groups -OCH3 is 1. The van der Waals surface area contributed by atoms with Gasteiger partial charge in [-0.1, -0.05) is 0 Å². The van der Waals surface area contributed by atoms with Crippen LogP contribution in [0, 0.1) is 0 Å². The Morgan fingerprint density at radius 2 is 2.00 bits per heavy atom. The Hall–Kier alpha value is -1.80. The van der Waals surface area contributed by atoms with Gasteiger partial charge in [0.15, 0.2) is 0 Å². The van der Waals surface area contributed by atoms with E-state index in [2.05, 4.69) is 4.18 Å². The second-order valence-electron chi connectivity index (χ2n) is 4.63. The average molecular weight is 315 g/mol. The van der Waals surface area contributed by atoms with Crippen molar-refractivity contribution in [2.45, 2.75) is 12.5 Å². The fourth-order valence-electron chi connectivity index (χ4n) is 1.98. The van der Waals surface area contributed by atoms with Gasteiger partial charge in [0.1, 0.15) is 11.9 Å². The van der Waals surface area contributed by atoms with Crippen LogP contribution in [0.15, 0.2) is 24.3 Å². The molecular weight excluding hydrogens is 298 g/mol. The van der Waals surface area contributed by atoms with Crippen molar-refractivity contribution in [1.29, 1.82) is 0 Å². The van der Waals surface area contributed by atoms with Crippen molar-refractivity contribution in [2.24, 2.45) is 0 Å². The van der Waals surface area contributed by atoms with Crippen LogP contribution in [-0.2, 0) is 19.0 Å². The monoisotopic (exact) mass is 315 g/mol. The molecule has 1 heterocycles. The van der Waals surface area contributed by atoms with Crippen molar-refractivity contribution in [2.75, 3.05) is 31.4 Å². The van der Waals surface area contributed by atoms with Crippen LogP contribution in [-0.4, -0.2) is 47.1 Å². The van der Waals surface area contributed by atoms with Crippen molar-refractivity contribution in [3.63, 3.8) is 0 Å². The highest BCUT2D eigenvalue weighted by atomic mass is 32.2. The number of anilines is 1. The smallest absolute Gasteiger partial charge is 0.414 e. The van der Waals surface area contributed by atoms with Crippen molar-refractivity contribution in [1.82, 2.24) is 0 Å². The number of benzene rings is 1. The van der Waals surface area contributed by atoms with Gasteiger partial charge in [-0.3, -0.25) is 9.08 Å². The molecule has 0 aliphatic carbocycles. The number of hydrogen-bond donors (Lipinski definition) is 0. The molecule has 116 valence electrons. The molecule has 1 aliphatic rings. The maximum atomic E-state index is 11.8. The number of rotatable bonds is 6. The van der Waals surface area contributed by atoms with E-state index >= 15 is 0 Å². The van der Waals surface area contributed by atoms with Gasteiger partial charge in [0.2, 0.25) is 0 Å². The predicted molar refractivity (Wildman–Crippen MR) is 76.0 cm³/mol. The van der Waals surface area contributed by atoms with E-state index in [1.54, 1.807) is 31.4 Å². The summed E-state index contributed by atoms with van der Waals surface area (Å²) in [4.78, 5) is 13.3. The second kappa shape index (κ2) is 6.31. The molecule has 1 fully saturated rings. The lowest BCUT2D eigenvalue weighted by Gasteiger charge is -2.13. The molecule has 1 aromatic carbocycles. The first-order valence-corrected chi connectivity index (χ1v) is 8.17. The first kappa shape index (κ1) is 15.6. The van der Waals surface area contributed by atoms with Gasteiger partial charge >= 0.3 is 6.09 Å². The third-order valence-electron chi connectivity index (χ3n) is 3.00. The summed E-state index contributed by atoms with van der Waals surface area (Å²) in [5.41, 5.74) is 0.701. The summed E-state index contributed by atoms with van der Waals surface area (Å²) in [7, 11) is -1.90. The molecule has 0 N–H and O–H groups in total. The molecule has 0 bridgehead atoms. The predicted octanol–water partition coefficient (Wildman–Crippen LogP) is 1.39. The van der Waals surface area contributed by atoms with Gasteiger partial charge in [0.05, 0.1) is 26.5 Å². The lowest BCUT2D eigenvalue weighted by molar-refractivity contribution is 0.126. The van der Waals surface area contributed by atoms with E-state index in [9.17, 15) is 13.2 Å². The van der Waals surface area contributed by atoms with Crippen molar-refractivity contribution in [3.8, 4) is 5.75 Å². The van der Waals surface area contributed by atoms with E-state index in [4.69, 9.17) is 9.47 Å². The molecule has 1 atom stereocenters. The lowest BCUT2D eigenvalue weighted by atomic mass is 10.2. The van der Waals surface area contributed by atoms with Gasteiger partial charge in [-0.05, 0) is 24.3 Å². The zero-order chi connectivity index (χ0) is 15.5. The topological polar surface area (TPSA) is 82.1 Å². The number of carbonyl (C=O) groups excluding carboxylic acids is 1. The van der Waals surface area contributed by atoms with Crippen molar-refractivity contribution < 1.29 is 26.9 Å². The summed E-state index contributed by atoms with van der Waals surface area (Å²) in [5.74, 6) is 0.699. The molecule has 0 saturated carbocycles. The Labute approximate surface area is 123 Å². The molecule has 21 heavy (non-hydrogen) atoms. The summed E-state index contributed by atoms with van der Waals surface area (Å²) >= 11 is 0. The van der Waals surface area contributed by atoms with E-state index < -0.39 is 16.2 Å². The summed E-state index contributed by atoms with van der Waals surface area (Å²) in [6.45, 7) is 0.353. The fourth-order valence-corrected chi connectivity index (χ4v) is 2.37. The maximum absolute atomic E-state index is 11.8. The molecular formula is C13H17NO6S. The Morgan fingerprint density at radius 1 is 1.33 bits per heavy atom. The number of amides is 1. The molecule has 2 rings (SSSR count). The standard InChI is InChI=1S/C13H17NO6S/c1-18-11-5-3-10(4-6-11)14-9-12(20-13(14)15)7-8-19-21(2,16)17/h3-6,12H,7-9H2,1-2H3/t12-/m0/s1. The SMILES string of the molecule is COc1ccc(N2C[C@H](CCOS(C)(=O)=O)OC2=O)cc1. The third-order valence-corrected chi connectivity index (χ3v) is 3.59. The normalized spacial score (nSPS) is 18.7. The van der Waals surface area contributed by atoms with Crippen LogP contribution in [0.25, 0.3) is 0 Å². The van der Waals surface area contributed by atoms with E-state index in [0.29, 0.717) is 24.4 Å². The highest BCUT2D eigenvalue weighted by molar-refractivity contribution is 7.85. The molecule has 8 heteroatoms. The molecule has 7 nitrogen and oxygen atoms in total. The second-order valence-corrected chi connectivity index (χ2v) is 6.27. The van der Waals surface area contributed by atoms with E-state index in [-0.39, 0.29) is 12.7 Å². The summed E-state index contributed by atoms with van der Waals surface area (Å²) in [5, 5.41) is 0. The minimum atomic E-state index is -3.47. The van der Waals surface area contributed by atoms with E-state index in [1.165, 1.54) is 4.90 Å². The van der Waals surface area contributed by atoms with E-state index in [1.807, 2.05) is 0 Å². The molecule has 0 unspecified atom stereocenters. The Bertz CT molecular complexity index is 598. The molecule has 0 spiro atoms. The van der Waals surface area contributed by atoms with Gasteiger partial charge in [0.25, 0.3) is 10.1 Å². The minimum Gasteiger partial charge on any atom is -0.497 e. The van der Waals surface area contributed by atoms with Gasteiger partial charge in [-0.2, -0.15) is 8.42 Å². The molecule has 1 aromatic rings. The molecule has 0 radical (unpaired) electrons. The average Bonchev–Trinajstić information content (AvgIpc) is 2.78. The van der Waals surface area contributed by atoms with Crippen LogP contribution in [0.3, 0.4) is 0 Å². The zero-order valence-corrected chi connectivity index (χ0v) is 12.6. The third kappa shape index (κ3) is 4.33. The molecule has 1 aliphatic heterocycles. The van der Waals surface area contributed by atoms with Crippen LogP contribution < -0.4 is 9.64 Å². The summed E-state index contributed by atoms with van der Waals surface area (Å²) < 4.78 is 36.6. The maximum Gasteiger partial charge on any atom is 0.414 e. The van der Waals surface area contributed by atoms with Gasteiger partial charge in [0, 0.05) is 12.1 Å². The highest BCUT2D eigenvalue weighted by Crippen LogP contribution is 2.25. The molecule has 1 saturated heterocycles. The Balaban J connectivity index is 1.92. The van der Waals surface area contributed by atoms with Crippen LogP contribution in [0.5, 0.6) is 5.75 Å². The fraction of sp³-hybridized carbons (Fsp3) is 0.462. The van der Waals surface area contributed by atoms with Gasteiger partial charge in [-0.25, -0.2) is 4.79 Å². The number of hydrogen-bond acceptors (Lipinski definition) is 6. The summed E-state index contributed by atoms with van der Waals surface area (Å²) in [6.07, 6.45) is 0.467. The van der Waals surface area contributed by atoms with Crippen molar-refractivity contribution in [3.05, 3.63) is 24.3 Å². The van der Waals surface area contributed by atoms with Crippen LogP contribution >= 0.6 is 0 Å². The largest absolute Gasteiger partial charge is 0.497 e. The van der Waals surface area contributed by atoms with Gasteiger partial charge < -0.3 is 9.47 Å². The van der Waals surface area contributed by atoms with Crippen LogP contribution in [0.4, 0.5) is 10.5 Å². The lowest BCUT2D eigenvalue weighted by Crippen LogP contribution is -2.24. The minimum absolute atomic E-state index is 0.00671. The van der Waals surface area contributed by atoms with Crippen LogP contribution in [0.1, 0.15) is 6.42 Å². The molecule has 1 amide bonds. The van der Waals surface area contributed by atoms with Crippen molar-refractivity contribution >= 4 is 21.9 Å². The number of nitrogens with zero attached hydrogens (tertiary/aromatic N) is 1. The van der Waals surface area contributed by atoms with Gasteiger partial charge in [-0.15, -0.1) is 0 Å². The van der Waals surface area contributed by atoms with Crippen LogP contribution in [0.2, 0.25) is 0 Å². The number of cyclic esters (lactones) is 1. The summed E-state index contributed by atoms with van der Waals surface area (Å²) in [6, 6.07) is 7.02. The zero-order valence-electron chi connectivity index (χ0n) is 11.8.